The molecule has 3 aromatic rings. The van der Waals surface area contributed by atoms with Gasteiger partial charge in [-0.05, 0) is 43.3 Å². The van der Waals surface area contributed by atoms with Gasteiger partial charge in [0.1, 0.15) is 0 Å². The molecule has 120 valence electrons. The van der Waals surface area contributed by atoms with E-state index in [-0.39, 0.29) is 5.88 Å². The second-order valence-corrected chi connectivity index (χ2v) is 5.13. The van der Waals surface area contributed by atoms with Gasteiger partial charge in [0.2, 0.25) is 5.88 Å². The number of hydrogen-bond acceptors (Lipinski definition) is 6. The predicted octanol–water partition coefficient (Wildman–Crippen LogP) is 5.26. The van der Waals surface area contributed by atoms with Gasteiger partial charge in [0.25, 0.3) is 0 Å². The third-order valence-electron chi connectivity index (χ3n) is 3.31. The first-order valence-corrected chi connectivity index (χ1v) is 7.34. The Morgan fingerprint density at radius 2 is 1.29 bits per heavy atom. The molecule has 1 aromatic heterocycles. The van der Waals surface area contributed by atoms with Crippen molar-refractivity contribution >= 4 is 22.7 Å². The summed E-state index contributed by atoms with van der Waals surface area (Å²) in [4.78, 5) is 0. The highest BCUT2D eigenvalue weighted by molar-refractivity contribution is 5.52. The van der Waals surface area contributed by atoms with Gasteiger partial charge in [0.15, 0.2) is 5.69 Å². The van der Waals surface area contributed by atoms with E-state index in [1.165, 1.54) is 4.68 Å². The first kappa shape index (κ1) is 15.5. The normalized spacial score (nSPS) is 11.6. The standard InChI is InChI=1S/C17H16N6O/c1-12-16(17(24)23(2)22-12)21-20-15-10-8-14(9-11-15)19-18-13-6-4-3-5-7-13/h3-11,24H,1-2H3/b19-18+,21-20+. The molecular formula is C17H16N6O. The molecule has 0 saturated heterocycles. The van der Waals surface area contributed by atoms with Crippen LogP contribution in [0, 0.1) is 6.92 Å². The largest absolute Gasteiger partial charge is 0.492 e. The van der Waals surface area contributed by atoms with Crippen LogP contribution in [0.3, 0.4) is 0 Å². The van der Waals surface area contributed by atoms with Crippen molar-refractivity contribution in [3.05, 3.63) is 60.3 Å². The number of benzene rings is 2. The van der Waals surface area contributed by atoms with E-state index in [0.717, 1.165) is 11.4 Å². The number of hydrogen-bond donors (Lipinski definition) is 1. The monoisotopic (exact) mass is 320 g/mol. The fourth-order valence-corrected chi connectivity index (χ4v) is 2.06. The van der Waals surface area contributed by atoms with E-state index in [2.05, 4.69) is 25.6 Å². The van der Waals surface area contributed by atoms with Gasteiger partial charge < -0.3 is 5.11 Å². The van der Waals surface area contributed by atoms with Crippen LogP contribution in [-0.4, -0.2) is 14.9 Å². The molecule has 0 atom stereocenters. The van der Waals surface area contributed by atoms with Crippen molar-refractivity contribution in [2.24, 2.45) is 27.5 Å². The van der Waals surface area contributed by atoms with Crippen LogP contribution in [-0.2, 0) is 7.05 Å². The van der Waals surface area contributed by atoms with E-state index < -0.39 is 0 Å². The second-order valence-electron chi connectivity index (χ2n) is 5.13. The topological polar surface area (TPSA) is 87.5 Å². The highest BCUT2D eigenvalue weighted by atomic mass is 16.3. The molecule has 0 saturated carbocycles. The summed E-state index contributed by atoms with van der Waals surface area (Å²) in [6.45, 7) is 1.77. The van der Waals surface area contributed by atoms with Gasteiger partial charge in [-0.25, -0.2) is 4.68 Å². The summed E-state index contributed by atoms with van der Waals surface area (Å²) in [5.41, 5.74) is 3.15. The summed E-state index contributed by atoms with van der Waals surface area (Å²) in [6.07, 6.45) is 0. The van der Waals surface area contributed by atoms with E-state index in [1.807, 2.05) is 30.3 Å². The molecule has 0 aliphatic rings. The van der Waals surface area contributed by atoms with Crippen molar-refractivity contribution in [2.75, 3.05) is 0 Å². The lowest BCUT2D eigenvalue weighted by Crippen LogP contribution is -1.88. The van der Waals surface area contributed by atoms with E-state index in [9.17, 15) is 5.11 Å². The minimum atomic E-state index is -0.00969. The van der Waals surface area contributed by atoms with E-state index in [1.54, 1.807) is 38.2 Å². The van der Waals surface area contributed by atoms with Gasteiger partial charge in [0.05, 0.1) is 22.8 Å². The quantitative estimate of drug-likeness (QED) is 0.664. The van der Waals surface area contributed by atoms with Crippen LogP contribution in [0.2, 0.25) is 0 Å². The van der Waals surface area contributed by atoms with Crippen LogP contribution in [0.25, 0.3) is 0 Å². The fraction of sp³-hybridized carbons (Fsp3) is 0.118. The number of aromatic hydroxyl groups is 1. The predicted molar refractivity (Wildman–Crippen MR) is 90.8 cm³/mol. The SMILES string of the molecule is Cc1nn(C)c(O)c1/N=N/c1ccc(/N=N/c2ccccc2)cc1. The lowest BCUT2D eigenvalue weighted by molar-refractivity contribution is 0.420. The van der Waals surface area contributed by atoms with Crippen molar-refractivity contribution in [3.63, 3.8) is 0 Å². The smallest absolute Gasteiger partial charge is 0.237 e. The fourth-order valence-electron chi connectivity index (χ4n) is 2.06. The van der Waals surface area contributed by atoms with Crippen molar-refractivity contribution in [1.82, 2.24) is 9.78 Å². The first-order valence-electron chi connectivity index (χ1n) is 7.34. The molecule has 0 amide bonds. The third-order valence-corrected chi connectivity index (χ3v) is 3.31. The second kappa shape index (κ2) is 6.82. The Kier molecular flexibility index (Phi) is 4.42. The molecule has 3 rings (SSSR count). The maximum atomic E-state index is 9.84. The van der Waals surface area contributed by atoms with Crippen molar-refractivity contribution in [3.8, 4) is 5.88 Å². The average molecular weight is 320 g/mol. The number of aryl methyl sites for hydroxylation is 2. The summed E-state index contributed by atoms with van der Waals surface area (Å²) in [7, 11) is 1.65. The molecule has 0 spiro atoms. The Hall–Kier alpha value is -3.35. The van der Waals surface area contributed by atoms with Crippen LogP contribution in [0.15, 0.2) is 75.1 Å². The molecule has 1 N–H and O–H groups in total. The van der Waals surface area contributed by atoms with Gasteiger partial charge in [-0.3, -0.25) is 0 Å². The summed E-state index contributed by atoms with van der Waals surface area (Å²) >= 11 is 0. The minimum Gasteiger partial charge on any atom is -0.492 e. The van der Waals surface area contributed by atoms with E-state index >= 15 is 0 Å². The summed E-state index contributed by atoms with van der Waals surface area (Å²) in [6, 6.07) is 16.7. The zero-order valence-corrected chi connectivity index (χ0v) is 13.3. The van der Waals surface area contributed by atoms with Crippen molar-refractivity contribution in [2.45, 2.75) is 6.92 Å². The third kappa shape index (κ3) is 3.52. The molecule has 0 aliphatic carbocycles. The molecule has 1 heterocycles. The summed E-state index contributed by atoms with van der Waals surface area (Å²) in [5.74, 6) is -0.00969. The zero-order valence-electron chi connectivity index (χ0n) is 13.3. The van der Waals surface area contributed by atoms with Crippen LogP contribution in [0.4, 0.5) is 22.7 Å². The van der Waals surface area contributed by atoms with Gasteiger partial charge in [-0.1, -0.05) is 18.2 Å². The van der Waals surface area contributed by atoms with Crippen LogP contribution < -0.4 is 0 Å². The highest BCUT2D eigenvalue weighted by Gasteiger charge is 2.10. The number of rotatable bonds is 4. The molecule has 0 aliphatic heterocycles. The van der Waals surface area contributed by atoms with Crippen molar-refractivity contribution in [1.29, 1.82) is 0 Å². The Bertz CT molecular complexity index is 881. The number of azo groups is 2. The Labute approximate surface area is 139 Å². The molecule has 0 unspecified atom stereocenters. The average Bonchev–Trinajstić information content (AvgIpc) is 2.85. The Morgan fingerprint density at radius 3 is 1.79 bits per heavy atom. The molecule has 0 radical (unpaired) electrons. The highest BCUT2D eigenvalue weighted by Crippen LogP contribution is 2.31. The van der Waals surface area contributed by atoms with Crippen LogP contribution in [0.5, 0.6) is 5.88 Å². The lowest BCUT2D eigenvalue weighted by atomic mass is 10.3. The lowest BCUT2D eigenvalue weighted by Gasteiger charge is -1.95. The summed E-state index contributed by atoms with van der Waals surface area (Å²) < 4.78 is 1.36. The van der Waals surface area contributed by atoms with Gasteiger partial charge in [0, 0.05) is 7.05 Å². The molecule has 24 heavy (non-hydrogen) atoms. The molecular weight excluding hydrogens is 304 g/mol. The zero-order chi connectivity index (χ0) is 16.9. The maximum Gasteiger partial charge on any atom is 0.237 e. The number of aromatic nitrogens is 2. The molecule has 0 fully saturated rings. The number of nitrogens with zero attached hydrogens (tertiary/aromatic N) is 6. The van der Waals surface area contributed by atoms with Crippen LogP contribution in [0.1, 0.15) is 5.69 Å². The van der Waals surface area contributed by atoms with E-state index in [4.69, 9.17) is 0 Å². The first-order chi connectivity index (χ1) is 11.6. The molecule has 7 nitrogen and oxygen atoms in total. The van der Waals surface area contributed by atoms with E-state index in [0.29, 0.717) is 17.1 Å². The van der Waals surface area contributed by atoms with Gasteiger partial charge in [-0.2, -0.15) is 20.4 Å². The van der Waals surface area contributed by atoms with Crippen LogP contribution >= 0.6 is 0 Å². The van der Waals surface area contributed by atoms with Gasteiger partial charge in [-0.15, -0.1) is 5.11 Å². The Balaban J connectivity index is 1.73. The van der Waals surface area contributed by atoms with Crippen molar-refractivity contribution < 1.29 is 5.11 Å². The summed E-state index contributed by atoms with van der Waals surface area (Å²) in [5, 5.41) is 30.4. The minimum absolute atomic E-state index is 0.00969. The molecule has 2 aromatic carbocycles. The Morgan fingerprint density at radius 1 is 0.792 bits per heavy atom. The maximum absolute atomic E-state index is 9.84. The van der Waals surface area contributed by atoms with Gasteiger partial charge >= 0.3 is 0 Å². The molecule has 0 bridgehead atoms. The molecule has 7 heteroatoms.